The summed E-state index contributed by atoms with van der Waals surface area (Å²) in [4.78, 5) is 12.6. The van der Waals surface area contributed by atoms with E-state index in [2.05, 4.69) is 10.4 Å². The predicted molar refractivity (Wildman–Crippen MR) is 92.4 cm³/mol. The first-order valence-electron chi connectivity index (χ1n) is 7.45. The highest BCUT2D eigenvalue weighted by molar-refractivity contribution is 6.30. The average Bonchev–Trinajstić information content (AvgIpc) is 2.85. The zero-order valence-electron chi connectivity index (χ0n) is 13.5. The lowest BCUT2D eigenvalue weighted by molar-refractivity contribution is 0.102. The minimum atomic E-state index is -0.623. The molecule has 0 unspecified atom stereocenters. The Labute approximate surface area is 148 Å². The summed E-state index contributed by atoms with van der Waals surface area (Å²) in [5.41, 5.74) is 2.03. The molecular formula is C18H14ClF2N3O. The number of hydrogen-bond donors (Lipinski definition) is 1. The van der Waals surface area contributed by atoms with E-state index < -0.39 is 11.7 Å². The van der Waals surface area contributed by atoms with Crippen LogP contribution in [0.15, 0.2) is 42.5 Å². The van der Waals surface area contributed by atoms with Crippen LogP contribution in [0.1, 0.15) is 21.7 Å². The van der Waals surface area contributed by atoms with Crippen LogP contribution >= 0.6 is 11.6 Å². The van der Waals surface area contributed by atoms with Gasteiger partial charge in [0.15, 0.2) is 0 Å². The van der Waals surface area contributed by atoms with Gasteiger partial charge in [0.25, 0.3) is 5.91 Å². The van der Waals surface area contributed by atoms with Crippen molar-refractivity contribution in [1.29, 1.82) is 0 Å². The molecule has 3 aromatic rings. The number of carbonyl (C=O) groups excluding carboxylic acids is 1. The van der Waals surface area contributed by atoms with Crippen LogP contribution in [-0.2, 0) is 0 Å². The molecule has 1 aromatic heterocycles. The Bertz CT molecular complexity index is 952. The summed E-state index contributed by atoms with van der Waals surface area (Å²) in [6, 6.07) is 9.76. The number of anilines is 1. The minimum Gasteiger partial charge on any atom is -0.319 e. The lowest BCUT2D eigenvalue weighted by Crippen LogP contribution is -2.15. The summed E-state index contributed by atoms with van der Waals surface area (Å²) < 4.78 is 28.5. The summed E-state index contributed by atoms with van der Waals surface area (Å²) >= 11 is 5.71. The van der Waals surface area contributed by atoms with Crippen molar-refractivity contribution >= 4 is 23.2 Å². The van der Waals surface area contributed by atoms with E-state index in [1.165, 1.54) is 24.3 Å². The molecule has 0 fully saturated rings. The van der Waals surface area contributed by atoms with E-state index in [1.807, 2.05) is 0 Å². The van der Waals surface area contributed by atoms with Gasteiger partial charge in [-0.2, -0.15) is 5.10 Å². The lowest BCUT2D eigenvalue weighted by atomic mass is 10.1. The number of hydrogen-bond acceptors (Lipinski definition) is 2. The van der Waals surface area contributed by atoms with Crippen LogP contribution in [0.5, 0.6) is 0 Å². The number of aromatic nitrogens is 2. The van der Waals surface area contributed by atoms with Gasteiger partial charge < -0.3 is 5.32 Å². The standard InChI is InChI=1S/C18H14ClF2N3O/c1-10-17(18(25)22-16-8-3-12(19)9-15(16)21)11(2)24(23-10)14-6-4-13(20)5-7-14/h3-9H,1-2H3,(H,22,25). The molecule has 3 rings (SSSR count). The van der Waals surface area contributed by atoms with Crippen molar-refractivity contribution in [1.82, 2.24) is 9.78 Å². The number of aryl methyl sites for hydroxylation is 1. The summed E-state index contributed by atoms with van der Waals surface area (Å²) in [5, 5.41) is 7.09. The van der Waals surface area contributed by atoms with Gasteiger partial charge in [0, 0.05) is 5.02 Å². The smallest absolute Gasteiger partial charge is 0.259 e. The predicted octanol–water partition coefficient (Wildman–Crippen LogP) is 4.67. The van der Waals surface area contributed by atoms with Crippen LogP contribution in [0.3, 0.4) is 0 Å². The van der Waals surface area contributed by atoms with Crippen molar-refractivity contribution in [3.63, 3.8) is 0 Å². The number of carbonyl (C=O) groups is 1. The maximum absolute atomic E-state index is 13.9. The molecule has 0 saturated carbocycles. The molecule has 0 aliphatic carbocycles. The second-order valence-corrected chi connectivity index (χ2v) is 5.95. The van der Waals surface area contributed by atoms with Crippen molar-refractivity contribution in [2.24, 2.45) is 0 Å². The van der Waals surface area contributed by atoms with Crippen molar-refractivity contribution < 1.29 is 13.6 Å². The SMILES string of the molecule is Cc1nn(-c2ccc(F)cc2)c(C)c1C(=O)Nc1ccc(Cl)cc1F. The summed E-state index contributed by atoms with van der Waals surface area (Å²) in [6.45, 7) is 3.40. The van der Waals surface area contributed by atoms with E-state index in [1.54, 1.807) is 30.7 Å². The molecule has 0 aliphatic heterocycles. The third-order valence-electron chi connectivity index (χ3n) is 3.77. The Kier molecular flexibility index (Phi) is 4.55. The zero-order valence-corrected chi connectivity index (χ0v) is 14.2. The molecule has 0 spiro atoms. The first-order chi connectivity index (χ1) is 11.9. The number of benzene rings is 2. The fourth-order valence-electron chi connectivity index (χ4n) is 2.58. The van der Waals surface area contributed by atoms with E-state index in [9.17, 15) is 13.6 Å². The number of halogens is 3. The van der Waals surface area contributed by atoms with Crippen LogP contribution in [0, 0.1) is 25.5 Å². The molecule has 1 amide bonds. The first-order valence-corrected chi connectivity index (χ1v) is 7.83. The normalized spacial score (nSPS) is 10.8. The molecule has 128 valence electrons. The van der Waals surface area contributed by atoms with E-state index >= 15 is 0 Å². The molecule has 1 N–H and O–H groups in total. The molecule has 0 atom stereocenters. The van der Waals surface area contributed by atoms with Crippen LogP contribution in [0.25, 0.3) is 5.69 Å². The van der Waals surface area contributed by atoms with E-state index in [0.717, 1.165) is 6.07 Å². The van der Waals surface area contributed by atoms with Crippen LogP contribution in [0.4, 0.5) is 14.5 Å². The fourth-order valence-corrected chi connectivity index (χ4v) is 2.74. The van der Waals surface area contributed by atoms with E-state index in [4.69, 9.17) is 11.6 Å². The molecule has 7 heteroatoms. The lowest BCUT2D eigenvalue weighted by Gasteiger charge is -2.08. The number of amides is 1. The molecule has 2 aromatic carbocycles. The zero-order chi connectivity index (χ0) is 18.1. The van der Waals surface area contributed by atoms with Gasteiger partial charge in [-0.15, -0.1) is 0 Å². The Balaban J connectivity index is 1.94. The van der Waals surface area contributed by atoms with Crippen molar-refractivity contribution in [3.05, 3.63) is 76.1 Å². The Hall–Kier alpha value is -2.73. The van der Waals surface area contributed by atoms with Gasteiger partial charge in [-0.1, -0.05) is 11.6 Å². The van der Waals surface area contributed by atoms with Gasteiger partial charge in [0.1, 0.15) is 11.6 Å². The molecule has 0 radical (unpaired) electrons. The molecule has 4 nitrogen and oxygen atoms in total. The molecule has 25 heavy (non-hydrogen) atoms. The number of nitrogens with zero attached hydrogens (tertiary/aromatic N) is 2. The topological polar surface area (TPSA) is 46.9 Å². The Morgan fingerprint density at radius 1 is 1.12 bits per heavy atom. The van der Waals surface area contributed by atoms with Gasteiger partial charge in [-0.3, -0.25) is 4.79 Å². The maximum Gasteiger partial charge on any atom is 0.259 e. The van der Waals surface area contributed by atoms with Gasteiger partial charge in [0.2, 0.25) is 0 Å². The molecule has 0 aliphatic rings. The van der Waals surface area contributed by atoms with E-state index in [-0.39, 0.29) is 16.5 Å². The second-order valence-electron chi connectivity index (χ2n) is 5.51. The number of nitrogens with one attached hydrogen (secondary N) is 1. The largest absolute Gasteiger partial charge is 0.319 e. The number of rotatable bonds is 3. The van der Waals surface area contributed by atoms with Crippen molar-refractivity contribution in [3.8, 4) is 5.69 Å². The van der Waals surface area contributed by atoms with Crippen LogP contribution in [-0.4, -0.2) is 15.7 Å². The first kappa shape index (κ1) is 17.1. The Morgan fingerprint density at radius 3 is 2.44 bits per heavy atom. The van der Waals surface area contributed by atoms with Gasteiger partial charge in [-0.25, -0.2) is 13.5 Å². The minimum absolute atomic E-state index is 0.0303. The molecule has 0 bridgehead atoms. The maximum atomic E-state index is 13.9. The van der Waals surface area contributed by atoms with Gasteiger partial charge in [-0.05, 0) is 56.3 Å². The van der Waals surface area contributed by atoms with E-state index in [0.29, 0.717) is 22.6 Å². The quantitative estimate of drug-likeness (QED) is 0.736. The molecule has 0 saturated heterocycles. The van der Waals surface area contributed by atoms with Crippen LogP contribution < -0.4 is 5.32 Å². The van der Waals surface area contributed by atoms with Crippen molar-refractivity contribution in [2.45, 2.75) is 13.8 Å². The summed E-state index contributed by atoms with van der Waals surface area (Å²) in [6.07, 6.45) is 0. The highest BCUT2D eigenvalue weighted by Crippen LogP contribution is 2.22. The molecular weight excluding hydrogens is 348 g/mol. The average molecular weight is 362 g/mol. The fraction of sp³-hybridized carbons (Fsp3) is 0.111. The Morgan fingerprint density at radius 2 is 1.80 bits per heavy atom. The van der Waals surface area contributed by atoms with Gasteiger partial charge >= 0.3 is 0 Å². The third kappa shape index (κ3) is 3.39. The highest BCUT2D eigenvalue weighted by atomic mass is 35.5. The second kappa shape index (κ2) is 6.64. The van der Waals surface area contributed by atoms with Crippen molar-refractivity contribution in [2.75, 3.05) is 5.32 Å². The van der Waals surface area contributed by atoms with Crippen LogP contribution in [0.2, 0.25) is 5.02 Å². The monoisotopic (exact) mass is 361 g/mol. The van der Waals surface area contributed by atoms with Gasteiger partial charge in [0.05, 0.1) is 28.3 Å². The molecule has 1 heterocycles. The highest BCUT2D eigenvalue weighted by Gasteiger charge is 2.20. The summed E-state index contributed by atoms with van der Waals surface area (Å²) in [7, 11) is 0. The third-order valence-corrected chi connectivity index (χ3v) is 4.00. The summed E-state index contributed by atoms with van der Waals surface area (Å²) in [5.74, 6) is -1.46.